The molecule has 0 amide bonds. The lowest BCUT2D eigenvalue weighted by atomic mass is 9.62. The summed E-state index contributed by atoms with van der Waals surface area (Å²) >= 11 is 0. The molecule has 9 rings (SSSR count). The van der Waals surface area contributed by atoms with Crippen molar-refractivity contribution in [2.45, 2.75) is 12.3 Å². The monoisotopic (exact) mass is 458 g/mol. The van der Waals surface area contributed by atoms with Crippen LogP contribution in [0.25, 0.3) is 44.2 Å². The highest BCUT2D eigenvalue weighted by Gasteiger charge is 2.62. The molecule has 0 heteroatoms. The molecule has 0 N–H and O–H groups in total. The first kappa shape index (κ1) is 19.3. The molecule has 5 aliphatic rings. The van der Waals surface area contributed by atoms with E-state index >= 15 is 0 Å². The van der Waals surface area contributed by atoms with Crippen molar-refractivity contribution in [1.82, 2.24) is 0 Å². The molecule has 0 bridgehead atoms. The Morgan fingerprint density at radius 2 is 1.33 bits per heavy atom. The first-order valence-corrected chi connectivity index (χ1v) is 13.3. The fourth-order valence-corrected chi connectivity index (χ4v) is 8.72. The summed E-state index contributed by atoms with van der Waals surface area (Å²) in [5.74, 6) is 1.91. The van der Waals surface area contributed by atoms with E-state index in [1.54, 1.807) is 5.56 Å². The zero-order valence-corrected chi connectivity index (χ0v) is 20.3. The number of allylic oxidation sites excluding steroid dienone is 8. The van der Waals surface area contributed by atoms with Crippen molar-refractivity contribution in [3.05, 3.63) is 132 Å². The largest absolute Gasteiger partial charge is 0.0802 e. The van der Waals surface area contributed by atoms with E-state index in [4.69, 9.17) is 0 Å². The van der Waals surface area contributed by atoms with Crippen LogP contribution in [0.4, 0.5) is 0 Å². The Labute approximate surface area is 212 Å². The van der Waals surface area contributed by atoms with Crippen molar-refractivity contribution in [3.8, 4) is 33.4 Å². The lowest BCUT2D eigenvalue weighted by Gasteiger charge is -2.39. The Morgan fingerprint density at radius 1 is 0.611 bits per heavy atom. The van der Waals surface area contributed by atoms with Gasteiger partial charge in [0.05, 0.1) is 0 Å². The van der Waals surface area contributed by atoms with Crippen LogP contribution in [0, 0.1) is 23.7 Å². The van der Waals surface area contributed by atoms with Gasteiger partial charge in [-0.05, 0) is 91.9 Å². The van der Waals surface area contributed by atoms with Crippen LogP contribution in [-0.2, 0) is 5.41 Å². The molecule has 0 aromatic heterocycles. The highest BCUT2D eigenvalue weighted by Crippen LogP contribution is 2.69. The molecular formula is C36H26. The van der Waals surface area contributed by atoms with Gasteiger partial charge in [0.1, 0.15) is 0 Å². The Morgan fingerprint density at radius 3 is 2.22 bits per heavy atom. The molecule has 4 aromatic rings. The van der Waals surface area contributed by atoms with Gasteiger partial charge in [-0.25, -0.2) is 0 Å². The van der Waals surface area contributed by atoms with E-state index in [1.807, 2.05) is 0 Å². The van der Waals surface area contributed by atoms with Crippen molar-refractivity contribution < 1.29 is 0 Å². The summed E-state index contributed by atoms with van der Waals surface area (Å²) in [7, 11) is 0. The van der Waals surface area contributed by atoms with Gasteiger partial charge < -0.3 is 0 Å². The van der Waals surface area contributed by atoms with Crippen LogP contribution in [0.5, 0.6) is 0 Å². The second kappa shape index (κ2) is 6.45. The zero-order chi connectivity index (χ0) is 23.6. The van der Waals surface area contributed by atoms with Gasteiger partial charge in [0.2, 0.25) is 0 Å². The molecule has 0 heterocycles. The summed E-state index contributed by atoms with van der Waals surface area (Å²) in [4.78, 5) is 0. The molecule has 5 atom stereocenters. The second-order valence-corrected chi connectivity index (χ2v) is 11.3. The Balaban J connectivity index is 1.47. The van der Waals surface area contributed by atoms with Crippen LogP contribution < -0.4 is 0 Å². The molecule has 1 spiro atoms. The molecule has 170 valence electrons. The van der Waals surface area contributed by atoms with Gasteiger partial charge >= 0.3 is 0 Å². The fraction of sp³-hybridized carbons (Fsp3) is 0.167. The van der Waals surface area contributed by atoms with Gasteiger partial charge in [0, 0.05) is 5.41 Å². The number of fused-ring (bicyclic) bond motifs is 14. The zero-order valence-electron chi connectivity index (χ0n) is 20.3. The van der Waals surface area contributed by atoms with Crippen LogP contribution in [-0.4, -0.2) is 0 Å². The Hall–Kier alpha value is -3.90. The first-order valence-electron chi connectivity index (χ1n) is 13.3. The van der Waals surface area contributed by atoms with Gasteiger partial charge in [0.15, 0.2) is 0 Å². The maximum Gasteiger partial charge on any atom is 0.0352 e. The molecule has 1 fully saturated rings. The normalized spacial score (nSPS) is 29.2. The van der Waals surface area contributed by atoms with E-state index in [9.17, 15) is 0 Å². The molecule has 5 aliphatic carbocycles. The summed E-state index contributed by atoms with van der Waals surface area (Å²) in [6, 6.07) is 27.9. The van der Waals surface area contributed by atoms with Crippen LogP contribution >= 0.6 is 0 Å². The average molecular weight is 459 g/mol. The van der Waals surface area contributed by atoms with Crippen molar-refractivity contribution in [1.29, 1.82) is 0 Å². The molecule has 4 aromatic carbocycles. The van der Waals surface area contributed by atoms with Gasteiger partial charge in [-0.3, -0.25) is 0 Å². The topological polar surface area (TPSA) is 0 Å². The van der Waals surface area contributed by atoms with Gasteiger partial charge in [-0.2, -0.15) is 0 Å². The highest BCUT2D eigenvalue weighted by atomic mass is 14.6. The summed E-state index contributed by atoms with van der Waals surface area (Å²) in [5, 5.41) is 2.85. The molecule has 0 nitrogen and oxygen atoms in total. The van der Waals surface area contributed by atoms with Gasteiger partial charge in [-0.15, -0.1) is 0 Å². The van der Waals surface area contributed by atoms with Gasteiger partial charge in [0.25, 0.3) is 0 Å². The van der Waals surface area contributed by atoms with Crippen molar-refractivity contribution in [2.75, 3.05) is 0 Å². The number of hydrogen-bond donors (Lipinski definition) is 0. The number of benzene rings is 4. The fourth-order valence-electron chi connectivity index (χ4n) is 8.72. The smallest absolute Gasteiger partial charge is 0.0352 e. The Kier molecular flexibility index (Phi) is 3.46. The van der Waals surface area contributed by atoms with E-state index < -0.39 is 0 Å². The quantitative estimate of drug-likeness (QED) is 0.217. The molecular weight excluding hydrogens is 432 g/mol. The summed E-state index contributed by atoms with van der Waals surface area (Å²) in [5.41, 5.74) is 12.9. The summed E-state index contributed by atoms with van der Waals surface area (Å²) in [6.07, 6.45) is 17.1. The van der Waals surface area contributed by atoms with Crippen LogP contribution in [0.3, 0.4) is 0 Å². The van der Waals surface area contributed by atoms with Gasteiger partial charge in [-0.1, -0.05) is 115 Å². The number of hydrogen-bond acceptors (Lipinski definition) is 0. The van der Waals surface area contributed by atoms with Crippen LogP contribution in [0.1, 0.15) is 18.1 Å². The Bertz CT molecular complexity index is 1770. The molecule has 0 aliphatic heterocycles. The third-order valence-corrected chi connectivity index (χ3v) is 9.87. The van der Waals surface area contributed by atoms with E-state index in [2.05, 4.69) is 122 Å². The SMILES string of the molecule is CC1=CC2C(C=C1)C1C=CC=CC1C21c2ccccc2-c2c1cc1c3c(cccc23)-c2ccccc2-1. The van der Waals surface area contributed by atoms with Crippen molar-refractivity contribution in [2.24, 2.45) is 23.7 Å². The van der Waals surface area contributed by atoms with E-state index in [-0.39, 0.29) is 5.41 Å². The van der Waals surface area contributed by atoms with E-state index in [0.717, 1.165) is 0 Å². The maximum absolute atomic E-state index is 2.61. The molecule has 5 unspecified atom stereocenters. The van der Waals surface area contributed by atoms with E-state index in [1.165, 1.54) is 55.3 Å². The second-order valence-electron chi connectivity index (χ2n) is 11.3. The first-order chi connectivity index (χ1) is 17.8. The molecule has 0 saturated heterocycles. The predicted octanol–water partition coefficient (Wildman–Crippen LogP) is 8.87. The summed E-state index contributed by atoms with van der Waals surface area (Å²) < 4.78 is 0. The van der Waals surface area contributed by atoms with Crippen LogP contribution in [0.15, 0.2) is 121 Å². The van der Waals surface area contributed by atoms with E-state index in [0.29, 0.717) is 23.7 Å². The molecule has 1 saturated carbocycles. The lowest BCUT2D eigenvalue weighted by Crippen LogP contribution is -2.37. The molecule has 0 radical (unpaired) electrons. The predicted molar refractivity (Wildman–Crippen MR) is 150 cm³/mol. The molecule has 36 heavy (non-hydrogen) atoms. The summed E-state index contributed by atoms with van der Waals surface area (Å²) in [6.45, 7) is 2.28. The minimum absolute atomic E-state index is 0.0627. The van der Waals surface area contributed by atoms with Crippen molar-refractivity contribution in [3.63, 3.8) is 0 Å². The van der Waals surface area contributed by atoms with Crippen LogP contribution in [0.2, 0.25) is 0 Å². The minimum Gasteiger partial charge on any atom is -0.0802 e. The standard InChI is InChI=1S/C36H26/c1-21-17-18-25-24-11-4-6-15-30(24)36(32(25)19-21)31-16-7-5-12-27(31)35-28-14-8-13-26-22-9-2-3-10-23(22)29(34(26)28)20-33(35)36/h2-20,24-25,30,32H,1H3. The highest BCUT2D eigenvalue weighted by molar-refractivity contribution is 6.20. The third kappa shape index (κ3) is 2.03. The lowest BCUT2D eigenvalue weighted by molar-refractivity contribution is 0.370. The minimum atomic E-state index is -0.0627. The average Bonchev–Trinajstić information content (AvgIpc) is 3.52. The number of rotatable bonds is 0. The third-order valence-electron chi connectivity index (χ3n) is 9.87. The van der Waals surface area contributed by atoms with Crippen molar-refractivity contribution >= 4 is 10.8 Å². The maximum atomic E-state index is 2.61.